The topological polar surface area (TPSA) is 3.24 Å². The molecule has 1 aliphatic heterocycles. The Morgan fingerprint density at radius 2 is 1.02 bits per heavy atom. The lowest BCUT2D eigenvalue weighted by Crippen LogP contribution is -2.49. The first-order chi connectivity index (χ1) is 25.0. The quantitative estimate of drug-likeness (QED) is 0.163. The van der Waals surface area contributed by atoms with Crippen LogP contribution in [0.2, 0.25) is 13.1 Å². The molecule has 0 unspecified atom stereocenters. The zero-order valence-corrected chi connectivity index (χ0v) is 30.4. The van der Waals surface area contributed by atoms with Gasteiger partial charge in [0.2, 0.25) is 0 Å². The SMILES string of the molecule is C[Si]1(C)c2ccc(N(c3ccc(-c4ccccc4)cc3)c3ccc(-c4ccc5ccccc5c4)cc3)cc2-c2c1ccc1sc3ccccc3c21. The minimum Gasteiger partial charge on any atom is -0.310 e. The molecule has 3 heteroatoms. The second-order valence-corrected chi connectivity index (χ2v) is 19.6. The third-order valence-electron chi connectivity index (χ3n) is 10.9. The van der Waals surface area contributed by atoms with Gasteiger partial charge >= 0.3 is 0 Å². The summed E-state index contributed by atoms with van der Waals surface area (Å²) in [6.45, 7) is 5.03. The van der Waals surface area contributed by atoms with Gasteiger partial charge < -0.3 is 4.90 Å². The van der Waals surface area contributed by atoms with Gasteiger partial charge in [0.1, 0.15) is 8.07 Å². The molecule has 2 heterocycles. The smallest absolute Gasteiger partial charge is 0.113 e. The lowest BCUT2D eigenvalue weighted by Gasteiger charge is -2.27. The molecule has 0 amide bonds. The molecule has 1 nitrogen and oxygen atoms in total. The Bertz CT molecular complexity index is 2760. The average Bonchev–Trinajstić information content (AvgIpc) is 3.67. The van der Waals surface area contributed by atoms with Gasteiger partial charge in [-0.25, -0.2) is 0 Å². The first-order valence-electron chi connectivity index (χ1n) is 17.7. The molecular formula is C48H35NSSi. The van der Waals surface area contributed by atoms with Crippen LogP contribution < -0.4 is 15.3 Å². The molecular weight excluding hydrogens is 651 g/mol. The van der Waals surface area contributed by atoms with Crippen LogP contribution in [0.3, 0.4) is 0 Å². The number of rotatable bonds is 5. The van der Waals surface area contributed by atoms with Crippen molar-refractivity contribution in [2.75, 3.05) is 4.90 Å². The highest BCUT2D eigenvalue weighted by molar-refractivity contribution is 7.26. The molecule has 1 aliphatic rings. The van der Waals surface area contributed by atoms with Crippen LogP contribution >= 0.6 is 11.3 Å². The number of thiophene rings is 1. The van der Waals surface area contributed by atoms with E-state index in [1.807, 2.05) is 11.3 Å². The van der Waals surface area contributed by atoms with Crippen LogP contribution in [0.4, 0.5) is 17.1 Å². The molecule has 0 aliphatic carbocycles. The Morgan fingerprint density at radius 1 is 0.431 bits per heavy atom. The second kappa shape index (κ2) is 11.7. The summed E-state index contributed by atoms with van der Waals surface area (Å²) in [6.07, 6.45) is 0. The predicted molar refractivity (Wildman–Crippen MR) is 225 cm³/mol. The zero-order valence-electron chi connectivity index (χ0n) is 28.6. The van der Waals surface area contributed by atoms with Crippen LogP contribution in [-0.4, -0.2) is 8.07 Å². The monoisotopic (exact) mass is 685 g/mol. The van der Waals surface area contributed by atoms with Crippen LogP contribution in [0.25, 0.3) is 64.3 Å². The van der Waals surface area contributed by atoms with E-state index in [4.69, 9.17) is 0 Å². The van der Waals surface area contributed by atoms with Crippen molar-refractivity contribution in [1.82, 2.24) is 0 Å². The van der Waals surface area contributed by atoms with E-state index in [1.54, 1.807) is 5.19 Å². The Kier molecular flexibility index (Phi) is 6.89. The van der Waals surface area contributed by atoms with Crippen molar-refractivity contribution < 1.29 is 0 Å². The van der Waals surface area contributed by atoms with Gasteiger partial charge in [-0.15, -0.1) is 11.3 Å². The molecule has 0 fully saturated rings. The molecule has 1 aromatic heterocycles. The minimum atomic E-state index is -1.90. The van der Waals surface area contributed by atoms with Gasteiger partial charge in [-0.1, -0.05) is 134 Å². The largest absolute Gasteiger partial charge is 0.310 e. The second-order valence-electron chi connectivity index (χ2n) is 14.2. The molecule has 0 atom stereocenters. The first kappa shape index (κ1) is 30.1. The fourth-order valence-corrected chi connectivity index (χ4v) is 12.4. The Morgan fingerprint density at radius 3 is 1.78 bits per heavy atom. The highest BCUT2D eigenvalue weighted by Crippen LogP contribution is 2.45. The van der Waals surface area contributed by atoms with Crippen LogP contribution in [-0.2, 0) is 0 Å². The van der Waals surface area contributed by atoms with Gasteiger partial charge in [-0.2, -0.15) is 0 Å². The van der Waals surface area contributed by atoms with Crippen LogP contribution in [0.1, 0.15) is 0 Å². The first-order valence-corrected chi connectivity index (χ1v) is 21.5. The Labute approximate surface area is 303 Å². The fourth-order valence-electron chi connectivity index (χ4n) is 8.24. The highest BCUT2D eigenvalue weighted by Gasteiger charge is 2.39. The third-order valence-corrected chi connectivity index (χ3v) is 15.5. The van der Waals surface area contributed by atoms with Gasteiger partial charge in [0.05, 0.1) is 0 Å². The van der Waals surface area contributed by atoms with Crippen molar-refractivity contribution in [1.29, 1.82) is 0 Å². The minimum absolute atomic E-state index is 1.14. The number of hydrogen-bond acceptors (Lipinski definition) is 2. The van der Waals surface area contributed by atoms with E-state index in [0.29, 0.717) is 0 Å². The third kappa shape index (κ3) is 4.88. The summed E-state index contributed by atoms with van der Waals surface area (Å²) in [4.78, 5) is 2.43. The molecule has 10 rings (SSSR count). The molecule has 0 saturated heterocycles. The average molecular weight is 686 g/mol. The highest BCUT2D eigenvalue weighted by atomic mass is 32.1. The normalized spacial score (nSPS) is 13.1. The maximum Gasteiger partial charge on any atom is 0.113 e. The molecule has 9 aromatic rings. The van der Waals surface area contributed by atoms with Crippen molar-refractivity contribution in [3.05, 3.63) is 176 Å². The lowest BCUT2D eigenvalue weighted by atomic mass is 9.98. The molecule has 8 aromatic carbocycles. The van der Waals surface area contributed by atoms with Gasteiger partial charge in [-0.05, 0) is 109 Å². The molecule has 51 heavy (non-hydrogen) atoms. The number of nitrogens with zero attached hydrogens (tertiary/aromatic N) is 1. The summed E-state index contributed by atoms with van der Waals surface area (Å²) in [5.74, 6) is 0. The van der Waals surface area contributed by atoms with Gasteiger partial charge in [0.25, 0.3) is 0 Å². The van der Waals surface area contributed by atoms with Gasteiger partial charge in [0, 0.05) is 37.2 Å². The van der Waals surface area contributed by atoms with Crippen LogP contribution in [0.5, 0.6) is 0 Å². The Hall–Kier alpha value is -5.74. The number of fused-ring (bicyclic) bond motifs is 8. The Balaban J connectivity index is 1.13. The van der Waals surface area contributed by atoms with E-state index in [9.17, 15) is 0 Å². The molecule has 0 saturated carbocycles. The molecule has 0 bridgehead atoms. The zero-order chi connectivity index (χ0) is 34.1. The summed E-state index contributed by atoms with van der Waals surface area (Å²) in [5, 5.41) is 8.38. The van der Waals surface area contributed by atoms with E-state index < -0.39 is 8.07 Å². The number of benzene rings is 8. The van der Waals surface area contributed by atoms with Crippen molar-refractivity contribution >= 4 is 77.8 Å². The van der Waals surface area contributed by atoms with Crippen molar-refractivity contribution in [2.24, 2.45) is 0 Å². The fraction of sp³-hybridized carbons (Fsp3) is 0.0417. The number of anilines is 3. The maximum atomic E-state index is 2.52. The molecule has 0 spiro atoms. The van der Waals surface area contributed by atoms with Crippen molar-refractivity contribution in [3.8, 4) is 33.4 Å². The summed E-state index contributed by atoms with van der Waals surface area (Å²) in [5.41, 5.74) is 11.2. The molecule has 0 N–H and O–H groups in total. The summed E-state index contributed by atoms with van der Waals surface area (Å²) >= 11 is 1.91. The van der Waals surface area contributed by atoms with Crippen molar-refractivity contribution in [2.45, 2.75) is 13.1 Å². The summed E-state index contributed by atoms with van der Waals surface area (Å²) in [7, 11) is -1.90. The predicted octanol–water partition coefficient (Wildman–Crippen LogP) is 12.8. The van der Waals surface area contributed by atoms with E-state index in [1.165, 1.54) is 75.2 Å². The van der Waals surface area contributed by atoms with Gasteiger partial charge in [-0.3, -0.25) is 0 Å². The van der Waals surface area contributed by atoms with E-state index in [2.05, 4.69) is 194 Å². The molecule has 242 valence electrons. The van der Waals surface area contributed by atoms with Gasteiger partial charge in [0.15, 0.2) is 0 Å². The summed E-state index contributed by atoms with van der Waals surface area (Å²) in [6, 6.07) is 65.1. The van der Waals surface area contributed by atoms with Crippen molar-refractivity contribution in [3.63, 3.8) is 0 Å². The number of hydrogen-bond donors (Lipinski definition) is 0. The van der Waals surface area contributed by atoms with E-state index in [-0.39, 0.29) is 0 Å². The standard InChI is InChI=1S/C48H35NSSi/c1-51(2)45-28-26-40(31-42(45)48-46(51)29-27-44-47(48)41-14-8-9-15-43(41)50-44)49(38-22-18-34(19-23-38)32-10-4-3-5-11-32)39-24-20-35(21-25-39)37-17-16-33-12-6-7-13-36(33)30-37/h3-31H,1-2H3. The lowest BCUT2D eigenvalue weighted by molar-refractivity contribution is 1.29. The summed E-state index contributed by atoms with van der Waals surface area (Å²) < 4.78 is 2.73. The van der Waals surface area contributed by atoms with E-state index >= 15 is 0 Å². The van der Waals surface area contributed by atoms with Crippen LogP contribution in [0.15, 0.2) is 176 Å². The maximum absolute atomic E-state index is 2.52. The molecule has 0 radical (unpaired) electrons. The van der Waals surface area contributed by atoms with E-state index in [0.717, 1.165) is 11.4 Å². The van der Waals surface area contributed by atoms with Crippen LogP contribution in [0, 0.1) is 0 Å².